The number of carbonyl (C=O) groups excluding carboxylic acids is 2. The summed E-state index contributed by atoms with van der Waals surface area (Å²) < 4.78 is 4.80. The van der Waals surface area contributed by atoms with Crippen LogP contribution in [0.5, 0.6) is 0 Å². The van der Waals surface area contributed by atoms with E-state index >= 15 is 0 Å². The monoisotopic (exact) mass is 275 g/mol. The van der Waals surface area contributed by atoms with Gasteiger partial charge in [-0.25, -0.2) is 0 Å². The van der Waals surface area contributed by atoms with Gasteiger partial charge in [-0.2, -0.15) is 0 Å². The Morgan fingerprint density at radius 2 is 2.00 bits per heavy atom. The first kappa shape index (κ1) is 15.2. The zero-order valence-corrected chi connectivity index (χ0v) is 9.40. The molecule has 0 aliphatic heterocycles. The van der Waals surface area contributed by atoms with Crippen LogP contribution in [0.15, 0.2) is 0 Å². The Kier molecular flexibility index (Phi) is 9.74. The number of ether oxygens (including phenoxy) is 1. The Hall–Kier alpha value is -0.277. The molecule has 0 aromatic rings. The van der Waals surface area contributed by atoms with Crippen LogP contribution in [0.4, 0.5) is 0 Å². The molecule has 1 unspecified atom stereocenters. The second-order valence-electron chi connectivity index (χ2n) is 2.72. The first-order chi connectivity index (χ1) is 5.57. The zero-order valence-electron chi connectivity index (χ0n) is 7.76. The zero-order chi connectivity index (χ0) is 9.56. The summed E-state index contributed by atoms with van der Waals surface area (Å²) >= 11 is 0. The van der Waals surface area contributed by atoms with E-state index in [4.69, 9.17) is 10.5 Å². The van der Waals surface area contributed by atoms with Gasteiger partial charge in [-0.15, -0.1) is 0 Å². The number of methoxy groups -OCH3 is 1. The summed E-state index contributed by atoms with van der Waals surface area (Å²) in [5, 5.41) is 0. The van der Waals surface area contributed by atoms with Crippen molar-refractivity contribution in [3.8, 4) is 0 Å². The van der Waals surface area contributed by atoms with Crippen LogP contribution in [0.3, 0.4) is 0 Å². The van der Waals surface area contributed by atoms with Gasteiger partial charge >= 0.3 is 0 Å². The van der Waals surface area contributed by atoms with Gasteiger partial charge in [0.15, 0.2) is 0 Å². The molecule has 0 aliphatic rings. The largest absolute Gasteiger partial charge is 0.668 e. The van der Waals surface area contributed by atoms with Gasteiger partial charge in [0, 0.05) is 38.4 Å². The molecular weight excluding hydrogens is 261 g/mol. The number of ketones is 1. The second kappa shape index (κ2) is 8.33. The minimum Gasteiger partial charge on any atom is -0.668 e. The molecule has 0 aliphatic carbocycles. The Balaban J connectivity index is 0. The minimum atomic E-state index is -0.627. The summed E-state index contributed by atoms with van der Waals surface area (Å²) in [6.07, 6.45) is 0.555. The van der Waals surface area contributed by atoms with Gasteiger partial charge in [-0.3, -0.25) is 4.79 Å². The molecule has 1 radical (unpaired) electrons. The van der Waals surface area contributed by atoms with E-state index in [9.17, 15) is 9.59 Å². The third-order valence-electron chi connectivity index (χ3n) is 1.66. The van der Waals surface area contributed by atoms with Crippen LogP contribution in [0.25, 0.3) is 5.73 Å². The maximum absolute atomic E-state index is 10.9. The van der Waals surface area contributed by atoms with Crippen LogP contribution in [0.2, 0.25) is 0 Å². The molecule has 4 nitrogen and oxygen atoms in total. The fourth-order valence-electron chi connectivity index (χ4n) is 0.910. The fraction of sp³-hybridized carbons (Fsp3) is 0.750. The standard InChI is InChI=1S/C8H15NO3.Rh/c1-6(10)7(5-12-2)3-4-8(9)11;/h7H,3-5H2,1-2H3,(H2,9,11);/p-1. The number of rotatable bonds is 6. The van der Waals surface area contributed by atoms with Crippen molar-refractivity contribution in [2.75, 3.05) is 13.7 Å². The Bertz CT molecular complexity index is 173. The van der Waals surface area contributed by atoms with Gasteiger partial charge in [0.05, 0.1) is 6.61 Å². The molecule has 0 aromatic heterocycles. The summed E-state index contributed by atoms with van der Waals surface area (Å²) in [6.45, 7) is 1.81. The molecule has 0 saturated carbocycles. The minimum absolute atomic E-state index is 0. The SMILES string of the molecule is COCC(CCC([NH-])=O)C(C)=O.[Rh]. The summed E-state index contributed by atoms with van der Waals surface area (Å²) in [7, 11) is 1.51. The molecule has 79 valence electrons. The molecule has 1 N–H and O–H groups in total. The molecule has 0 saturated heterocycles. The molecule has 5 heteroatoms. The van der Waals surface area contributed by atoms with E-state index in [1.54, 1.807) is 0 Å². The average Bonchev–Trinajstić information content (AvgIpc) is 1.96. The van der Waals surface area contributed by atoms with Crippen LogP contribution in [0, 0.1) is 5.92 Å². The number of Topliss-reactive ketones (excluding diaryl/α,β-unsaturated/α-hetero) is 1. The van der Waals surface area contributed by atoms with Crippen LogP contribution >= 0.6 is 0 Å². The fourth-order valence-corrected chi connectivity index (χ4v) is 0.910. The van der Waals surface area contributed by atoms with E-state index in [1.165, 1.54) is 14.0 Å². The Morgan fingerprint density at radius 3 is 2.31 bits per heavy atom. The van der Waals surface area contributed by atoms with Gasteiger partial charge in [-0.05, 0) is 19.8 Å². The molecule has 0 spiro atoms. The van der Waals surface area contributed by atoms with Crippen molar-refractivity contribution >= 4 is 11.7 Å². The van der Waals surface area contributed by atoms with Crippen molar-refractivity contribution in [2.45, 2.75) is 19.8 Å². The van der Waals surface area contributed by atoms with Crippen molar-refractivity contribution in [3.05, 3.63) is 5.73 Å². The van der Waals surface area contributed by atoms with Crippen molar-refractivity contribution in [3.63, 3.8) is 0 Å². The normalized spacial score (nSPS) is 11.5. The van der Waals surface area contributed by atoms with Gasteiger partial charge in [0.1, 0.15) is 5.78 Å². The molecule has 0 fully saturated rings. The van der Waals surface area contributed by atoms with Crippen LogP contribution in [0.1, 0.15) is 19.8 Å². The van der Waals surface area contributed by atoms with E-state index in [-0.39, 0.29) is 37.6 Å². The maximum atomic E-state index is 10.9. The molecule has 1 amide bonds. The van der Waals surface area contributed by atoms with Gasteiger partial charge in [0.25, 0.3) is 0 Å². The topological polar surface area (TPSA) is 67.2 Å². The summed E-state index contributed by atoms with van der Waals surface area (Å²) in [4.78, 5) is 21.2. The molecule has 0 bridgehead atoms. The van der Waals surface area contributed by atoms with Crippen molar-refractivity contribution in [1.82, 2.24) is 0 Å². The third kappa shape index (κ3) is 8.06. The van der Waals surface area contributed by atoms with Gasteiger partial charge in [0.2, 0.25) is 0 Å². The van der Waals surface area contributed by atoms with Crippen molar-refractivity contribution in [2.24, 2.45) is 5.92 Å². The van der Waals surface area contributed by atoms with Crippen LogP contribution < -0.4 is 0 Å². The summed E-state index contributed by atoms with van der Waals surface area (Å²) in [5.74, 6) is -0.847. The van der Waals surface area contributed by atoms with Gasteiger partial charge in [-0.1, -0.05) is 0 Å². The molecule has 1 atom stereocenters. The number of hydrogen-bond donors (Lipinski definition) is 0. The Labute approximate surface area is 91.0 Å². The van der Waals surface area contributed by atoms with Crippen LogP contribution in [-0.4, -0.2) is 25.4 Å². The summed E-state index contributed by atoms with van der Waals surface area (Å²) in [5.41, 5.74) is 6.65. The number of nitrogens with one attached hydrogen (secondary N) is 1. The average molecular weight is 275 g/mol. The Morgan fingerprint density at radius 1 is 1.46 bits per heavy atom. The number of hydrogen-bond acceptors (Lipinski definition) is 3. The third-order valence-corrected chi connectivity index (χ3v) is 1.66. The number of carbonyl (C=O) groups is 2. The molecule has 0 aromatic carbocycles. The van der Waals surface area contributed by atoms with E-state index in [2.05, 4.69) is 0 Å². The van der Waals surface area contributed by atoms with Gasteiger partial charge < -0.3 is 15.3 Å². The quantitative estimate of drug-likeness (QED) is 0.684. The summed E-state index contributed by atoms with van der Waals surface area (Å²) in [6, 6.07) is 0. The molecule has 0 rings (SSSR count). The predicted octanol–water partition coefficient (Wildman–Crippen LogP) is 1.19. The van der Waals surface area contributed by atoms with Crippen LogP contribution in [-0.2, 0) is 33.8 Å². The first-order valence-corrected chi connectivity index (χ1v) is 3.81. The number of amides is 1. The van der Waals surface area contributed by atoms with E-state index in [0.29, 0.717) is 13.0 Å². The predicted molar refractivity (Wildman–Crippen MR) is 44.6 cm³/mol. The first-order valence-electron chi connectivity index (χ1n) is 3.81. The van der Waals surface area contributed by atoms with E-state index < -0.39 is 5.91 Å². The maximum Gasteiger partial charge on any atom is 0.135 e. The van der Waals surface area contributed by atoms with Crippen molar-refractivity contribution in [1.29, 1.82) is 0 Å². The van der Waals surface area contributed by atoms with Crippen molar-refractivity contribution < 1.29 is 33.8 Å². The van der Waals surface area contributed by atoms with E-state index in [1.807, 2.05) is 0 Å². The molecular formula is C8H14NO3Rh-. The smallest absolute Gasteiger partial charge is 0.135 e. The second-order valence-corrected chi connectivity index (χ2v) is 2.72. The van der Waals surface area contributed by atoms with E-state index in [0.717, 1.165) is 0 Å². The molecule has 13 heavy (non-hydrogen) atoms. The molecule has 0 heterocycles.